The zero-order valence-electron chi connectivity index (χ0n) is 14.4. The van der Waals surface area contributed by atoms with Gasteiger partial charge in [-0.1, -0.05) is 18.6 Å². The number of nitrogens with one attached hydrogen (secondary N) is 1. The monoisotopic (exact) mass is 344 g/mol. The van der Waals surface area contributed by atoms with E-state index in [1.165, 1.54) is 0 Å². The van der Waals surface area contributed by atoms with Gasteiger partial charge in [0, 0.05) is 18.2 Å². The number of nitrogens with zero attached hydrogens (tertiary/aromatic N) is 2. The van der Waals surface area contributed by atoms with E-state index in [4.69, 9.17) is 14.9 Å². The molecular weight excluding hydrogens is 320 g/mol. The summed E-state index contributed by atoms with van der Waals surface area (Å²) in [5.74, 6) is 2.17. The van der Waals surface area contributed by atoms with E-state index in [9.17, 15) is 4.79 Å². The van der Waals surface area contributed by atoms with Crippen molar-refractivity contribution in [2.45, 2.75) is 31.8 Å². The number of methoxy groups -OCH3 is 1. The van der Waals surface area contributed by atoms with E-state index in [1.54, 1.807) is 13.3 Å². The summed E-state index contributed by atoms with van der Waals surface area (Å²) in [5, 5.41) is 2.71. The third-order valence-electron chi connectivity index (χ3n) is 4.51. The maximum Gasteiger partial charge on any atom is 0.312 e. The fraction of sp³-hybridized carbons (Fsp3) is 0.444. The number of amides is 2. The number of primary amides is 1. The van der Waals surface area contributed by atoms with Crippen LogP contribution >= 0.6 is 0 Å². The van der Waals surface area contributed by atoms with Gasteiger partial charge in [-0.2, -0.15) is 0 Å². The Morgan fingerprint density at radius 2 is 2.36 bits per heavy atom. The minimum Gasteiger partial charge on any atom is -0.497 e. The first-order valence-corrected chi connectivity index (χ1v) is 8.52. The molecule has 3 rings (SSSR count). The standard InChI is InChI=1S/C18H24N4O3/c1-24-15-7-4-5-13(9-15)16-11-20-17(25-16)12-22-8-3-2-6-14(22)10-21-18(19)23/h4-5,7,9,11,14H,2-3,6,8,10,12H2,1H3,(H3,19,21,23)/t14-/m1/s1. The molecule has 1 aromatic heterocycles. The number of nitrogens with two attached hydrogens (primary N) is 1. The number of hydrogen-bond acceptors (Lipinski definition) is 5. The van der Waals surface area contributed by atoms with Crippen molar-refractivity contribution >= 4 is 6.03 Å². The molecule has 2 aromatic rings. The van der Waals surface area contributed by atoms with E-state index >= 15 is 0 Å². The van der Waals surface area contributed by atoms with Crippen LogP contribution in [0.1, 0.15) is 25.2 Å². The minimum absolute atomic E-state index is 0.258. The molecule has 3 N–H and O–H groups in total. The van der Waals surface area contributed by atoms with Crippen molar-refractivity contribution in [3.8, 4) is 17.1 Å². The first-order chi connectivity index (χ1) is 12.2. The fourth-order valence-corrected chi connectivity index (χ4v) is 3.18. The molecule has 1 saturated heterocycles. The third-order valence-corrected chi connectivity index (χ3v) is 4.51. The van der Waals surface area contributed by atoms with Crippen molar-refractivity contribution in [1.29, 1.82) is 0 Å². The molecule has 1 aromatic carbocycles. The van der Waals surface area contributed by atoms with Crippen LogP contribution in [0.5, 0.6) is 5.75 Å². The van der Waals surface area contributed by atoms with E-state index < -0.39 is 6.03 Å². The molecule has 1 fully saturated rings. The van der Waals surface area contributed by atoms with E-state index in [-0.39, 0.29) is 6.04 Å². The molecule has 1 aliphatic heterocycles. The zero-order valence-corrected chi connectivity index (χ0v) is 14.4. The maximum absolute atomic E-state index is 11.0. The SMILES string of the molecule is COc1cccc(-c2cnc(CN3CCCC[C@@H]3CNC(N)=O)o2)c1. The summed E-state index contributed by atoms with van der Waals surface area (Å²) in [7, 11) is 1.64. The average molecular weight is 344 g/mol. The third kappa shape index (κ3) is 4.51. The van der Waals surface area contributed by atoms with E-state index in [0.29, 0.717) is 19.0 Å². The van der Waals surface area contributed by atoms with Crippen molar-refractivity contribution < 1.29 is 13.9 Å². The van der Waals surface area contributed by atoms with Crippen LogP contribution in [-0.2, 0) is 6.54 Å². The van der Waals surface area contributed by atoms with Gasteiger partial charge in [-0.3, -0.25) is 4.90 Å². The lowest BCUT2D eigenvalue weighted by molar-refractivity contribution is 0.127. The van der Waals surface area contributed by atoms with Crippen LogP contribution in [0.4, 0.5) is 4.79 Å². The normalized spacial score (nSPS) is 18.0. The van der Waals surface area contributed by atoms with Crippen LogP contribution in [0.15, 0.2) is 34.9 Å². The number of piperidine rings is 1. The fourth-order valence-electron chi connectivity index (χ4n) is 3.18. The number of urea groups is 1. The first kappa shape index (κ1) is 17.3. The summed E-state index contributed by atoms with van der Waals surface area (Å²) in [5.41, 5.74) is 6.12. The van der Waals surface area contributed by atoms with Gasteiger partial charge in [-0.15, -0.1) is 0 Å². The Bertz CT molecular complexity index is 716. The molecule has 0 unspecified atom stereocenters. The zero-order chi connectivity index (χ0) is 17.6. The molecule has 0 bridgehead atoms. The van der Waals surface area contributed by atoms with Gasteiger partial charge in [0.05, 0.1) is 19.9 Å². The molecule has 1 atom stereocenters. The Kier molecular flexibility index (Phi) is 5.55. The number of ether oxygens (including phenoxy) is 1. The van der Waals surface area contributed by atoms with Crippen molar-refractivity contribution in [1.82, 2.24) is 15.2 Å². The summed E-state index contributed by atoms with van der Waals surface area (Å²) in [6.45, 7) is 2.13. The largest absolute Gasteiger partial charge is 0.497 e. The summed E-state index contributed by atoms with van der Waals surface area (Å²) in [6.07, 6.45) is 5.06. The second-order valence-corrected chi connectivity index (χ2v) is 6.22. The van der Waals surface area contributed by atoms with E-state index in [0.717, 1.165) is 42.9 Å². The molecule has 2 amide bonds. The minimum atomic E-state index is -0.484. The van der Waals surface area contributed by atoms with Crippen molar-refractivity contribution in [2.24, 2.45) is 5.73 Å². The van der Waals surface area contributed by atoms with Gasteiger partial charge in [0.25, 0.3) is 0 Å². The highest BCUT2D eigenvalue weighted by Crippen LogP contribution is 2.26. The topological polar surface area (TPSA) is 93.6 Å². The summed E-state index contributed by atoms with van der Waals surface area (Å²) >= 11 is 0. The highest BCUT2D eigenvalue weighted by molar-refractivity contribution is 5.71. The predicted molar refractivity (Wildman–Crippen MR) is 94.1 cm³/mol. The number of carbonyl (C=O) groups excluding carboxylic acids is 1. The summed E-state index contributed by atoms with van der Waals surface area (Å²) in [6, 6.07) is 7.48. The van der Waals surface area contributed by atoms with Crippen molar-refractivity contribution in [3.05, 3.63) is 36.4 Å². The van der Waals surface area contributed by atoms with Crippen molar-refractivity contribution in [3.63, 3.8) is 0 Å². The molecule has 0 aliphatic carbocycles. The first-order valence-electron chi connectivity index (χ1n) is 8.52. The molecule has 0 saturated carbocycles. The summed E-state index contributed by atoms with van der Waals surface area (Å²) in [4.78, 5) is 17.7. The highest BCUT2D eigenvalue weighted by Gasteiger charge is 2.24. The molecule has 134 valence electrons. The Morgan fingerprint density at radius 3 is 3.16 bits per heavy atom. The van der Waals surface area contributed by atoms with Crippen LogP contribution in [0, 0.1) is 0 Å². The molecule has 7 nitrogen and oxygen atoms in total. The summed E-state index contributed by atoms with van der Waals surface area (Å²) < 4.78 is 11.2. The lowest BCUT2D eigenvalue weighted by atomic mass is 10.0. The van der Waals surface area contributed by atoms with E-state index in [1.807, 2.05) is 24.3 Å². The number of benzene rings is 1. The molecule has 0 spiro atoms. The molecular formula is C18H24N4O3. The Hall–Kier alpha value is -2.54. The van der Waals surface area contributed by atoms with Crippen molar-refractivity contribution in [2.75, 3.05) is 20.2 Å². The lowest BCUT2D eigenvalue weighted by Gasteiger charge is -2.34. The van der Waals surface area contributed by atoms with E-state index in [2.05, 4.69) is 15.2 Å². The van der Waals surface area contributed by atoms with Crippen LogP contribution in [0.3, 0.4) is 0 Å². The number of aromatic nitrogens is 1. The maximum atomic E-state index is 11.0. The number of hydrogen-bond donors (Lipinski definition) is 2. The number of likely N-dealkylation sites (tertiary alicyclic amines) is 1. The lowest BCUT2D eigenvalue weighted by Crippen LogP contribution is -2.47. The molecule has 2 heterocycles. The van der Waals surface area contributed by atoms with Gasteiger partial charge in [0.15, 0.2) is 5.76 Å². The number of carbonyl (C=O) groups is 1. The second-order valence-electron chi connectivity index (χ2n) is 6.22. The highest BCUT2D eigenvalue weighted by atomic mass is 16.5. The quantitative estimate of drug-likeness (QED) is 0.839. The molecule has 7 heteroatoms. The van der Waals surface area contributed by atoms with Gasteiger partial charge in [-0.05, 0) is 31.5 Å². The van der Waals surface area contributed by atoms with Gasteiger partial charge >= 0.3 is 6.03 Å². The van der Waals surface area contributed by atoms with Gasteiger partial charge in [0.1, 0.15) is 5.75 Å². The van der Waals surface area contributed by atoms with Crippen LogP contribution in [-0.4, -0.2) is 42.2 Å². The average Bonchev–Trinajstić information content (AvgIpc) is 3.09. The molecule has 0 radical (unpaired) electrons. The smallest absolute Gasteiger partial charge is 0.312 e. The molecule has 25 heavy (non-hydrogen) atoms. The number of rotatable bonds is 6. The van der Waals surface area contributed by atoms with Gasteiger partial charge in [0.2, 0.25) is 5.89 Å². The predicted octanol–water partition coefficient (Wildman–Crippen LogP) is 2.37. The molecule has 1 aliphatic rings. The van der Waals surface area contributed by atoms with Gasteiger partial charge < -0.3 is 20.2 Å². The Morgan fingerprint density at radius 1 is 1.48 bits per heavy atom. The number of oxazole rings is 1. The van der Waals surface area contributed by atoms with Crippen LogP contribution < -0.4 is 15.8 Å². The van der Waals surface area contributed by atoms with Crippen LogP contribution in [0.25, 0.3) is 11.3 Å². The Balaban J connectivity index is 1.67. The van der Waals surface area contributed by atoms with Crippen LogP contribution in [0.2, 0.25) is 0 Å². The van der Waals surface area contributed by atoms with Gasteiger partial charge in [-0.25, -0.2) is 9.78 Å². The second kappa shape index (κ2) is 8.02. The Labute approximate surface area is 147 Å².